The van der Waals surface area contributed by atoms with Crippen LogP contribution in [0.1, 0.15) is 0 Å². The molecule has 220 valence electrons. The third-order valence-corrected chi connectivity index (χ3v) is 8.73. The second-order valence-electron chi connectivity index (χ2n) is 11.7. The topological polar surface area (TPSA) is 51.8 Å². The molecule has 2 aromatic heterocycles. The molecule has 0 saturated heterocycles. The number of hydrogen-bond donors (Lipinski definition) is 0. The summed E-state index contributed by atoms with van der Waals surface area (Å²) in [4.78, 5) is 15.1. The third kappa shape index (κ3) is 4.93. The first kappa shape index (κ1) is 27.0. The number of furan rings is 1. The molecule has 0 N–H and O–H groups in total. The van der Waals surface area contributed by atoms with E-state index in [9.17, 15) is 0 Å². The fourth-order valence-electron chi connectivity index (χ4n) is 6.32. The van der Waals surface area contributed by atoms with E-state index >= 15 is 0 Å². The summed E-state index contributed by atoms with van der Waals surface area (Å²) < 4.78 is 6.31. The highest BCUT2D eigenvalue weighted by molar-refractivity contribution is 6.15. The van der Waals surface area contributed by atoms with Crippen molar-refractivity contribution >= 4 is 32.7 Å². The SMILES string of the molecule is c1ccc(-c2ccc(-c3nc(-c4cccc(-c5ccccc5)c4)nc(-c4ccc5c(ccc6c7ccccc7oc56)c4)n3)cc2)cc1. The van der Waals surface area contributed by atoms with Crippen LogP contribution in [0.3, 0.4) is 0 Å². The fourth-order valence-corrected chi connectivity index (χ4v) is 6.32. The predicted molar refractivity (Wildman–Crippen MR) is 192 cm³/mol. The molecule has 0 saturated carbocycles. The maximum Gasteiger partial charge on any atom is 0.164 e. The van der Waals surface area contributed by atoms with Crippen molar-refractivity contribution in [1.82, 2.24) is 15.0 Å². The summed E-state index contributed by atoms with van der Waals surface area (Å²) in [7, 11) is 0. The minimum Gasteiger partial charge on any atom is -0.455 e. The van der Waals surface area contributed by atoms with Crippen molar-refractivity contribution in [3.63, 3.8) is 0 Å². The Balaban J connectivity index is 1.19. The summed E-state index contributed by atoms with van der Waals surface area (Å²) in [5.74, 6) is 1.87. The lowest BCUT2D eigenvalue weighted by Crippen LogP contribution is -2.00. The molecular weight excluding hydrogens is 574 g/mol. The minimum atomic E-state index is 0.619. The Labute approximate surface area is 271 Å². The maximum absolute atomic E-state index is 6.31. The highest BCUT2D eigenvalue weighted by Crippen LogP contribution is 2.36. The zero-order chi connectivity index (χ0) is 31.2. The van der Waals surface area contributed by atoms with E-state index in [2.05, 4.69) is 133 Å². The molecule has 0 aliphatic rings. The summed E-state index contributed by atoms with van der Waals surface area (Å²) >= 11 is 0. The second kappa shape index (κ2) is 11.2. The summed E-state index contributed by atoms with van der Waals surface area (Å²) in [5.41, 5.74) is 9.13. The quantitative estimate of drug-likeness (QED) is 0.197. The lowest BCUT2D eigenvalue weighted by molar-refractivity contribution is 0.672. The molecule has 0 fully saturated rings. The van der Waals surface area contributed by atoms with Gasteiger partial charge in [0.05, 0.1) is 0 Å². The van der Waals surface area contributed by atoms with Crippen molar-refractivity contribution in [3.05, 3.63) is 164 Å². The number of aromatic nitrogens is 3. The summed E-state index contributed by atoms with van der Waals surface area (Å²) in [6.07, 6.45) is 0. The van der Waals surface area contributed by atoms with Crippen molar-refractivity contribution in [3.8, 4) is 56.4 Å². The minimum absolute atomic E-state index is 0.619. The summed E-state index contributed by atoms with van der Waals surface area (Å²) in [6.45, 7) is 0. The van der Waals surface area contributed by atoms with Gasteiger partial charge in [0.25, 0.3) is 0 Å². The largest absolute Gasteiger partial charge is 0.455 e. The van der Waals surface area contributed by atoms with Gasteiger partial charge in [0.2, 0.25) is 0 Å². The standard InChI is InChI=1S/C43H27N3O/c1-3-10-28(11-4-1)30-18-20-31(21-19-30)41-44-42(34-15-9-14-32(26-34)29-12-5-2-6-13-29)46-43(45-41)35-23-24-36-33(27-35)22-25-38-37-16-7-8-17-39(37)47-40(36)38/h1-27H. The first-order valence-corrected chi connectivity index (χ1v) is 15.7. The van der Waals surface area contributed by atoms with Gasteiger partial charge < -0.3 is 4.42 Å². The molecule has 9 rings (SSSR count). The predicted octanol–water partition coefficient (Wildman–Crippen LogP) is 11.3. The van der Waals surface area contributed by atoms with E-state index in [1.54, 1.807) is 0 Å². The Morgan fingerprint density at radius 2 is 0.830 bits per heavy atom. The van der Waals surface area contributed by atoms with Gasteiger partial charge in [0, 0.05) is 32.8 Å². The van der Waals surface area contributed by atoms with Gasteiger partial charge in [-0.25, -0.2) is 15.0 Å². The maximum atomic E-state index is 6.31. The zero-order valence-electron chi connectivity index (χ0n) is 25.3. The Morgan fingerprint density at radius 1 is 0.319 bits per heavy atom. The highest BCUT2D eigenvalue weighted by atomic mass is 16.3. The molecule has 0 unspecified atom stereocenters. The number of para-hydroxylation sites is 1. The van der Waals surface area contributed by atoms with Crippen molar-refractivity contribution in [2.24, 2.45) is 0 Å². The first-order valence-electron chi connectivity index (χ1n) is 15.7. The van der Waals surface area contributed by atoms with Crippen LogP contribution in [0, 0.1) is 0 Å². The number of fused-ring (bicyclic) bond motifs is 5. The molecule has 0 spiro atoms. The van der Waals surface area contributed by atoms with Gasteiger partial charge in [-0.2, -0.15) is 0 Å². The van der Waals surface area contributed by atoms with Crippen molar-refractivity contribution in [1.29, 1.82) is 0 Å². The van der Waals surface area contributed by atoms with Crippen LogP contribution >= 0.6 is 0 Å². The molecule has 0 bridgehead atoms. The summed E-state index contributed by atoms with van der Waals surface area (Å²) in [6, 6.07) is 56.4. The first-order chi connectivity index (χ1) is 23.3. The molecule has 0 atom stereocenters. The third-order valence-electron chi connectivity index (χ3n) is 8.73. The van der Waals surface area contributed by atoms with E-state index < -0.39 is 0 Å². The van der Waals surface area contributed by atoms with Gasteiger partial charge in [-0.15, -0.1) is 0 Å². The van der Waals surface area contributed by atoms with E-state index in [-0.39, 0.29) is 0 Å². The molecule has 0 radical (unpaired) electrons. The van der Waals surface area contributed by atoms with Crippen LogP contribution in [0.25, 0.3) is 89.1 Å². The van der Waals surface area contributed by atoms with Crippen LogP contribution in [0.5, 0.6) is 0 Å². The molecule has 7 aromatic carbocycles. The van der Waals surface area contributed by atoms with Gasteiger partial charge in [-0.05, 0) is 58.0 Å². The van der Waals surface area contributed by atoms with Crippen molar-refractivity contribution < 1.29 is 4.42 Å². The normalized spacial score (nSPS) is 11.4. The van der Waals surface area contributed by atoms with Crippen molar-refractivity contribution in [2.75, 3.05) is 0 Å². The molecule has 0 amide bonds. The lowest BCUT2D eigenvalue weighted by Gasteiger charge is -2.11. The number of nitrogens with zero attached hydrogens (tertiary/aromatic N) is 3. The average molecular weight is 602 g/mol. The molecule has 2 heterocycles. The Kier molecular flexibility index (Phi) is 6.43. The van der Waals surface area contributed by atoms with Crippen LogP contribution in [-0.2, 0) is 0 Å². The van der Waals surface area contributed by atoms with Gasteiger partial charge in [-0.3, -0.25) is 0 Å². The molecule has 0 aliphatic carbocycles. The number of benzene rings is 7. The smallest absolute Gasteiger partial charge is 0.164 e. The van der Waals surface area contributed by atoms with Crippen LogP contribution in [0.4, 0.5) is 0 Å². The zero-order valence-corrected chi connectivity index (χ0v) is 25.3. The van der Waals surface area contributed by atoms with E-state index in [1.165, 1.54) is 5.56 Å². The Bertz CT molecular complexity index is 2550. The number of rotatable bonds is 5. The number of hydrogen-bond acceptors (Lipinski definition) is 4. The molecule has 9 aromatic rings. The van der Waals surface area contributed by atoms with E-state index in [4.69, 9.17) is 19.4 Å². The van der Waals surface area contributed by atoms with Gasteiger partial charge in [0.1, 0.15) is 11.2 Å². The van der Waals surface area contributed by atoms with E-state index in [0.717, 1.165) is 66.1 Å². The van der Waals surface area contributed by atoms with Gasteiger partial charge >= 0.3 is 0 Å². The van der Waals surface area contributed by atoms with Crippen LogP contribution in [0.15, 0.2) is 168 Å². The monoisotopic (exact) mass is 601 g/mol. The highest BCUT2D eigenvalue weighted by Gasteiger charge is 2.15. The summed E-state index contributed by atoms with van der Waals surface area (Å²) in [5, 5.41) is 4.36. The van der Waals surface area contributed by atoms with Crippen LogP contribution in [0.2, 0.25) is 0 Å². The molecular formula is C43H27N3O. The van der Waals surface area contributed by atoms with Gasteiger partial charge in [-0.1, -0.05) is 133 Å². The second-order valence-corrected chi connectivity index (χ2v) is 11.7. The lowest BCUT2D eigenvalue weighted by atomic mass is 10.0. The van der Waals surface area contributed by atoms with Gasteiger partial charge in [0.15, 0.2) is 17.5 Å². The molecule has 4 heteroatoms. The van der Waals surface area contributed by atoms with Crippen LogP contribution < -0.4 is 0 Å². The molecule has 4 nitrogen and oxygen atoms in total. The van der Waals surface area contributed by atoms with Crippen molar-refractivity contribution in [2.45, 2.75) is 0 Å². The Morgan fingerprint density at radius 3 is 1.57 bits per heavy atom. The van der Waals surface area contributed by atoms with E-state index in [1.807, 2.05) is 30.3 Å². The molecule has 47 heavy (non-hydrogen) atoms. The molecule has 0 aliphatic heterocycles. The average Bonchev–Trinajstić information content (AvgIpc) is 3.54. The van der Waals surface area contributed by atoms with Crippen LogP contribution in [-0.4, -0.2) is 15.0 Å². The Hall–Kier alpha value is -6.39. The fraction of sp³-hybridized carbons (Fsp3) is 0. The van der Waals surface area contributed by atoms with E-state index in [0.29, 0.717) is 17.5 Å².